The molecule has 12 nitrogen and oxygen atoms in total. The Morgan fingerprint density at radius 1 is 0.915 bits per heavy atom. The molecule has 13 heteroatoms. The summed E-state index contributed by atoms with van der Waals surface area (Å²) < 4.78 is 31.6. The van der Waals surface area contributed by atoms with Crippen LogP contribution >= 0.6 is 0 Å². The number of likely N-dealkylation sites (N-methyl/N-ethyl adjacent to an activating group) is 1. The van der Waals surface area contributed by atoms with E-state index in [1.807, 2.05) is 36.2 Å². The fraction of sp³-hybridized carbons (Fsp3) is 0.522. The molecule has 1 N–H and O–H groups in total. The first kappa shape index (κ1) is 40.6. The van der Waals surface area contributed by atoms with Gasteiger partial charge < -0.3 is 34.0 Å². The highest BCUT2D eigenvalue weighted by molar-refractivity contribution is 5.66. The molecule has 2 aliphatic heterocycles. The van der Waals surface area contributed by atoms with E-state index in [0.29, 0.717) is 70.6 Å². The maximum Gasteiger partial charge on any atom is 0.407 e. The summed E-state index contributed by atoms with van der Waals surface area (Å²) in [6, 6.07) is 18.9. The molecule has 4 aromatic rings. The van der Waals surface area contributed by atoms with Crippen LogP contribution in [-0.2, 0) is 25.9 Å². The number of rotatable bonds is 13. The van der Waals surface area contributed by atoms with Crippen LogP contribution in [-0.4, -0.2) is 108 Å². The number of carbonyl (C=O) groups is 1. The SMILES string of the molecule is COc1ccc(CN(Cc2ccc(OC)cc2)c2cc(C)c(C3CC3)c(C3Cc4nc(OC[C@@H]5C[C@@H](F)CN5C)nc(N5CCN(C(=O)O)C[C@@H]5C)c4CC3C)n2)cc1. The molecule has 5 atom stereocenters. The third-order valence-corrected chi connectivity index (χ3v) is 12.9. The lowest BCUT2D eigenvalue weighted by Crippen LogP contribution is -2.54. The van der Waals surface area contributed by atoms with Gasteiger partial charge in [0.05, 0.1) is 25.6 Å². The Labute approximate surface area is 347 Å². The van der Waals surface area contributed by atoms with E-state index in [0.717, 1.165) is 70.5 Å². The number of methoxy groups -OCH3 is 2. The Hall–Kier alpha value is -5.17. The van der Waals surface area contributed by atoms with Crippen molar-refractivity contribution in [1.29, 1.82) is 0 Å². The number of carboxylic acid groups (broad SMARTS) is 1. The summed E-state index contributed by atoms with van der Waals surface area (Å²) in [7, 11) is 5.30. The number of nitrogens with zero attached hydrogens (tertiary/aromatic N) is 7. The number of likely N-dealkylation sites (tertiary alicyclic amines) is 1. The highest BCUT2D eigenvalue weighted by Gasteiger charge is 2.39. The number of piperazine rings is 1. The number of ether oxygens (including phenoxy) is 3. The van der Waals surface area contributed by atoms with E-state index in [1.54, 1.807) is 14.2 Å². The molecule has 314 valence electrons. The van der Waals surface area contributed by atoms with Gasteiger partial charge in [-0.3, -0.25) is 4.90 Å². The summed E-state index contributed by atoms with van der Waals surface area (Å²) >= 11 is 0. The first-order valence-electron chi connectivity index (χ1n) is 21.1. The Bertz CT molecular complexity index is 2070. The minimum atomic E-state index is -0.906. The quantitative estimate of drug-likeness (QED) is 0.146. The molecule has 0 spiro atoms. The van der Waals surface area contributed by atoms with Gasteiger partial charge >= 0.3 is 12.1 Å². The van der Waals surface area contributed by atoms with E-state index in [-0.39, 0.29) is 23.9 Å². The molecule has 2 unspecified atom stereocenters. The van der Waals surface area contributed by atoms with Crippen molar-refractivity contribution in [2.24, 2.45) is 5.92 Å². The molecule has 2 aliphatic carbocycles. The molecule has 4 heterocycles. The van der Waals surface area contributed by atoms with Gasteiger partial charge in [-0.1, -0.05) is 31.2 Å². The second-order valence-corrected chi connectivity index (χ2v) is 17.2. The van der Waals surface area contributed by atoms with Crippen molar-refractivity contribution in [3.63, 3.8) is 0 Å². The van der Waals surface area contributed by atoms with Gasteiger partial charge in [-0.05, 0) is 117 Å². The highest BCUT2D eigenvalue weighted by Crippen LogP contribution is 2.49. The summed E-state index contributed by atoms with van der Waals surface area (Å²) in [4.78, 5) is 35.8. The number of hydrogen-bond donors (Lipinski definition) is 1. The lowest BCUT2D eigenvalue weighted by atomic mass is 9.75. The average Bonchev–Trinajstić information content (AvgIpc) is 4.01. The predicted octanol–water partition coefficient (Wildman–Crippen LogP) is 7.41. The Morgan fingerprint density at radius 3 is 2.14 bits per heavy atom. The predicted molar refractivity (Wildman–Crippen MR) is 226 cm³/mol. The summed E-state index contributed by atoms with van der Waals surface area (Å²) in [5, 5.41) is 9.77. The zero-order valence-corrected chi connectivity index (χ0v) is 35.2. The Balaban J connectivity index is 1.16. The molecule has 1 amide bonds. The molecule has 0 radical (unpaired) electrons. The fourth-order valence-corrected chi connectivity index (χ4v) is 9.40. The van der Waals surface area contributed by atoms with Gasteiger partial charge in [-0.25, -0.2) is 14.2 Å². The largest absolute Gasteiger partial charge is 0.497 e. The van der Waals surface area contributed by atoms with Gasteiger partial charge in [0.1, 0.15) is 35.9 Å². The van der Waals surface area contributed by atoms with E-state index >= 15 is 0 Å². The van der Waals surface area contributed by atoms with Crippen molar-refractivity contribution in [1.82, 2.24) is 24.8 Å². The Morgan fingerprint density at radius 2 is 1.58 bits per heavy atom. The smallest absolute Gasteiger partial charge is 0.407 e. The number of fused-ring (bicyclic) bond motifs is 1. The number of amides is 1. The van der Waals surface area contributed by atoms with Crippen LogP contribution in [0.4, 0.5) is 20.8 Å². The number of aryl methyl sites for hydroxylation is 1. The van der Waals surface area contributed by atoms with Crippen molar-refractivity contribution >= 4 is 17.7 Å². The maximum atomic E-state index is 14.3. The van der Waals surface area contributed by atoms with E-state index in [1.165, 1.54) is 16.0 Å². The van der Waals surface area contributed by atoms with Gasteiger partial charge in [0.2, 0.25) is 0 Å². The number of hydrogen-bond acceptors (Lipinski definition) is 10. The summed E-state index contributed by atoms with van der Waals surface area (Å²) in [5.74, 6) is 4.23. The van der Waals surface area contributed by atoms with E-state index in [9.17, 15) is 14.3 Å². The van der Waals surface area contributed by atoms with Crippen LogP contribution in [0.1, 0.15) is 84.2 Å². The first-order chi connectivity index (χ1) is 28.5. The van der Waals surface area contributed by atoms with Crippen LogP contribution in [0.25, 0.3) is 0 Å². The number of alkyl halides is 1. The number of halogens is 1. The zero-order valence-electron chi connectivity index (χ0n) is 35.2. The minimum Gasteiger partial charge on any atom is -0.497 e. The molecule has 2 aromatic heterocycles. The van der Waals surface area contributed by atoms with Crippen molar-refractivity contribution in [3.8, 4) is 17.5 Å². The molecular formula is C46H58FN7O5. The third kappa shape index (κ3) is 8.90. The van der Waals surface area contributed by atoms with Crippen molar-refractivity contribution < 1.29 is 28.5 Å². The van der Waals surface area contributed by atoms with Crippen LogP contribution in [0.5, 0.6) is 17.5 Å². The van der Waals surface area contributed by atoms with Crippen molar-refractivity contribution in [2.45, 2.75) is 96.1 Å². The standard InChI is InChI=1S/C46H58FN7O5/c1-28-19-39-40(48-45(59-27-35-21-34(47)26-51(35)4)50-44(39)54-18-17-52(46(55)56)23-30(54)3)22-38(28)43-42(33-11-12-33)29(2)20-41(49-43)53(24-31-7-13-36(57-5)14-8-31)25-32-9-15-37(58-6)16-10-32/h7-10,13-16,20,28,30,33-35,38H,11-12,17-19,21-27H2,1-6H3,(H,55,56)/t28?,30-,34+,35-,38?/m0/s1. The molecule has 4 aliphatic rings. The number of aromatic nitrogens is 3. The molecular weight excluding hydrogens is 750 g/mol. The Kier molecular flexibility index (Phi) is 11.8. The maximum absolute atomic E-state index is 14.3. The summed E-state index contributed by atoms with van der Waals surface area (Å²) in [5.41, 5.74) is 8.16. The summed E-state index contributed by atoms with van der Waals surface area (Å²) in [6.45, 7) is 9.94. The average molecular weight is 808 g/mol. The molecule has 3 fully saturated rings. The second-order valence-electron chi connectivity index (χ2n) is 17.2. The van der Waals surface area contributed by atoms with Crippen molar-refractivity contribution in [2.75, 3.05) is 63.9 Å². The van der Waals surface area contributed by atoms with Crippen LogP contribution in [0.15, 0.2) is 54.6 Å². The zero-order chi connectivity index (χ0) is 41.4. The fourth-order valence-electron chi connectivity index (χ4n) is 9.40. The first-order valence-corrected chi connectivity index (χ1v) is 21.1. The molecule has 2 aromatic carbocycles. The topological polar surface area (TPSA) is 117 Å². The van der Waals surface area contributed by atoms with Gasteiger partial charge in [0.25, 0.3) is 0 Å². The molecule has 2 saturated heterocycles. The summed E-state index contributed by atoms with van der Waals surface area (Å²) in [6.07, 6.45) is 2.39. The third-order valence-electron chi connectivity index (χ3n) is 12.9. The number of benzene rings is 2. The molecule has 59 heavy (non-hydrogen) atoms. The van der Waals surface area contributed by atoms with E-state index < -0.39 is 12.3 Å². The van der Waals surface area contributed by atoms with E-state index in [4.69, 9.17) is 29.2 Å². The van der Waals surface area contributed by atoms with Crippen LogP contribution in [0.2, 0.25) is 0 Å². The van der Waals surface area contributed by atoms with Crippen molar-refractivity contribution in [3.05, 3.63) is 93.8 Å². The molecule has 1 saturated carbocycles. The van der Waals surface area contributed by atoms with Gasteiger partial charge in [-0.2, -0.15) is 9.97 Å². The van der Waals surface area contributed by atoms with Gasteiger partial charge in [-0.15, -0.1) is 0 Å². The monoisotopic (exact) mass is 807 g/mol. The van der Waals surface area contributed by atoms with Crippen LogP contribution in [0, 0.1) is 12.8 Å². The number of anilines is 2. The van der Waals surface area contributed by atoms with Crippen LogP contribution < -0.4 is 24.0 Å². The lowest BCUT2D eigenvalue weighted by molar-refractivity contribution is 0.136. The van der Waals surface area contributed by atoms with Crippen LogP contribution in [0.3, 0.4) is 0 Å². The van der Waals surface area contributed by atoms with E-state index in [2.05, 4.69) is 60.9 Å². The second kappa shape index (κ2) is 17.2. The minimum absolute atomic E-state index is 0.0614. The highest BCUT2D eigenvalue weighted by atomic mass is 19.1. The molecule has 0 bridgehead atoms. The lowest BCUT2D eigenvalue weighted by Gasteiger charge is -2.41. The van der Waals surface area contributed by atoms with Gasteiger partial charge in [0, 0.05) is 62.8 Å². The van der Waals surface area contributed by atoms with Gasteiger partial charge in [0.15, 0.2) is 0 Å². The molecule has 8 rings (SSSR count). The number of pyridine rings is 1. The normalized spacial score (nSPS) is 23.2.